The number of anilines is 1. The summed E-state index contributed by atoms with van der Waals surface area (Å²) in [5.41, 5.74) is 12.1. The first-order chi connectivity index (χ1) is 7.90. The molecule has 0 aromatic heterocycles. The molecular formula is C13H16N2O2. The summed E-state index contributed by atoms with van der Waals surface area (Å²) in [7, 11) is 0. The Labute approximate surface area is 99.9 Å². The number of hydrogen-bond donors (Lipinski definition) is 4. The summed E-state index contributed by atoms with van der Waals surface area (Å²) in [6.45, 7) is 1.65. The van der Waals surface area contributed by atoms with Crippen molar-refractivity contribution in [3.63, 3.8) is 0 Å². The molecule has 0 amide bonds. The molecule has 6 N–H and O–H groups in total. The van der Waals surface area contributed by atoms with Gasteiger partial charge in [-0.2, -0.15) is 0 Å². The normalized spacial score (nSPS) is 27.9. The van der Waals surface area contributed by atoms with E-state index in [1.54, 1.807) is 37.3 Å². The number of aliphatic hydroxyl groups is 1. The van der Waals surface area contributed by atoms with E-state index in [4.69, 9.17) is 11.5 Å². The summed E-state index contributed by atoms with van der Waals surface area (Å²) in [6.07, 6.45) is 5.25. The molecular weight excluding hydrogens is 216 g/mol. The second-order valence-corrected chi connectivity index (χ2v) is 4.48. The lowest BCUT2D eigenvalue weighted by atomic mass is 9.87. The molecule has 1 aromatic carbocycles. The fourth-order valence-electron chi connectivity index (χ4n) is 1.76. The Balaban J connectivity index is 2.41. The minimum Gasteiger partial charge on any atom is -0.506 e. The number of rotatable bonds is 1. The van der Waals surface area contributed by atoms with Crippen LogP contribution in [0.5, 0.6) is 5.75 Å². The van der Waals surface area contributed by atoms with Crippen molar-refractivity contribution in [3.8, 4) is 5.75 Å². The van der Waals surface area contributed by atoms with Gasteiger partial charge in [-0.25, -0.2) is 0 Å². The Morgan fingerprint density at radius 1 is 1.35 bits per heavy atom. The number of phenols is 1. The van der Waals surface area contributed by atoms with Gasteiger partial charge in [-0.05, 0) is 36.3 Å². The van der Waals surface area contributed by atoms with Crippen LogP contribution in [0.2, 0.25) is 0 Å². The van der Waals surface area contributed by atoms with Crippen LogP contribution in [0.25, 0.3) is 5.57 Å². The number of hydrogen-bond acceptors (Lipinski definition) is 4. The van der Waals surface area contributed by atoms with Gasteiger partial charge in [-0.1, -0.05) is 18.2 Å². The largest absolute Gasteiger partial charge is 0.506 e. The highest BCUT2D eigenvalue weighted by Gasteiger charge is 2.27. The van der Waals surface area contributed by atoms with E-state index >= 15 is 0 Å². The molecule has 0 heterocycles. The lowest BCUT2D eigenvalue weighted by molar-refractivity contribution is 0.0972. The van der Waals surface area contributed by atoms with E-state index in [1.165, 1.54) is 0 Å². The maximum absolute atomic E-state index is 10.1. The number of nitrogen functional groups attached to an aromatic ring is 1. The first-order valence-corrected chi connectivity index (χ1v) is 5.38. The number of benzene rings is 1. The monoisotopic (exact) mass is 232 g/mol. The lowest BCUT2D eigenvalue weighted by Crippen LogP contribution is -2.43. The third-order valence-electron chi connectivity index (χ3n) is 2.97. The van der Waals surface area contributed by atoms with Crippen molar-refractivity contribution >= 4 is 11.3 Å². The molecule has 0 bridgehead atoms. The zero-order valence-electron chi connectivity index (χ0n) is 9.59. The third-order valence-corrected chi connectivity index (χ3v) is 2.97. The molecule has 0 saturated heterocycles. The van der Waals surface area contributed by atoms with Crippen LogP contribution in [0.1, 0.15) is 12.5 Å². The molecule has 1 aliphatic carbocycles. The van der Waals surface area contributed by atoms with Gasteiger partial charge in [-0.3, -0.25) is 0 Å². The van der Waals surface area contributed by atoms with Gasteiger partial charge in [0.15, 0.2) is 0 Å². The fourth-order valence-corrected chi connectivity index (χ4v) is 1.76. The Morgan fingerprint density at radius 2 is 2.06 bits per heavy atom. The van der Waals surface area contributed by atoms with Crippen LogP contribution >= 0.6 is 0 Å². The van der Waals surface area contributed by atoms with Crippen molar-refractivity contribution in [3.05, 3.63) is 42.0 Å². The van der Waals surface area contributed by atoms with Gasteiger partial charge in [0.25, 0.3) is 0 Å². The predicted octanol–water partition coefficient (Wildman–Crippen LogP) is 1.01. The van der Waals surface area contributed by atoms with Crippen LogP contribution in [0, 0.1) is 0 Å². The highest BCUT2D eigenvalue weighted by Crippen LogP contribution is 2.30. The molecule has 0 radical (unpaired) electrons. The summed E-state index contributed by atoms with van der Waals surface area (Å²) in [5, 5.41) is 19.6. The molecule has 2 rings (SSSR count). The van der Waals surface area contributed by atoms with Gasteiger partial charge in [0, 0.05) is 0 Å². The van der Waals surface area contributed by atoms with Crippen molar-refractivity contribution in [1.82, 2.24) is 0 Å². The summed E-state index contributed by atoms with van der Waals surface area (Å²) in [6, 6.07) is 4.56. The average molecular weight is 232 g/mol. The number of phenolic OH excluding ortho intramolecular Hbond substituents is 1. The highest BCUT2D eigenvalue weighted by atomic mass is 16.3. The number of aromatic hydroxyl groups is 1. The average Bonchev–Trinajstić information content (AvgIpc) is 2.26. The second kappa shape index (κ2) is 3.91. The van der Waals surface area contributed by atoms with Crippen LogP contribution in [-0.4, -0.2) is 21.9 Å². The van der Waals surface area contributed by atoms with E-state index < -0.39 is 11.6 Å². The Morgan fingerprint density at radius 3 is 2.65 bits per heavy atom. The van der Waals surface area contributed by atoms with Gasteiger partial charge < -0.3 is 21.7 Å². The van der Waals surface area contributed by atoms with Crippen molar-refractivity contribution in [2.75, 3.05) is 5.73 Å². The van der Waals surface area contributed by atoms with Crippen molar-refractivity contribution < 1.29 is 10.2 Å². The molecule has 90 valence electrons. The molecule has 0 spiro atoms. The minimum absolute atomic E-state index is 0.0336. The molecule has 0 saturated carbocycles. The molecule has 4 heteroatoms. The first-order valence-electron chi connectivity index (χ1n) is 5.38. The van der Waals surface area contributed by atoms with Crippen molar-refractivity contribution in [1.29, 1.82) is 0 Å². The van der Waals surface area contributed by atoms with Crippen LogP contribution in [0.4, 0.5) is 5.69 Å². The molecule has 1 aromatic rings. The van der Waals surface area contributed by atoms with Crippen LogP contribution < -0.4 is 11.5 Å². The SMILES string of the molecule is CC1(O)C=C(c2ccc(N)c(O)c2)C=CC1N. The summed E-state index contributed by atoms with van der Waals surface area (Å²) < 4.78 is 0. The molecule has 0 fully saturated rings. The smallest absolute Gasteiger partial charge is 0.139 e. The van der Waals surface area contributed by atoms with Gasteiger partial charge in [0.2, 0.25) is 0 Å². The molecule has 17 heavy (non-hydrogen) atoms. The lowest BCUT2D eigenvalue weighted by Gasteiger charge is -2.28. The second-order valence-electron chi connectivity index (χ2n) is 4.48. The van der Waals surface area contributed by atoms with E-state index in [2.05, 4.69) is 0 Å². The standard InChI is InChI=1S/C13H16N2O2/c1-13(17)7-9(3-5-12(13)15)8-2-4-10(14)11(16)6-8/h2-7,12,16-17H,14-15H2,1H3. The first kappa shape index (κ1) is 11.7. The maximum atomic E-state index is 10.1. The fraction of sp³-hybridized carbons (Fsp3) is 0.231. The van der Waals surface area contributed by atoms with E-state index in [9.17, 15) is 10.2 Å². The Hall–Kier alpha value is -1.78. The van der Waals surface area contributed by atoms with E-state index in [0.717, 1.165) is 11.1 Å². The molecule has 2 unspecified atom stereocenters. The topological polar surface area (TPSA) is 92.5 Å². The van der Waals surface area contributed by atoms with Gasteiger partial charge in [0.05, 0.1) is 17.3 Å². The zero-order valence-corrected chi connectivity index (χ0v) is 9.59. The highest BCUT2D eigenvalue weighted by molar-refractivity contribution is 5.78. The number of nitrogens with two attached hydrogens (primary N) is 2. The van der Waals surface area contributed by atoms with Crippen molar-refractivity contribution in [2.24, 2.45) is 5.73 Å². The van der Waals surface area contributed by atoms with E-state index in [-0.39, 0.29) is 5.75 Å². The molecule has 0 aliphatic heterocycles. The van der Waals surface area contributed by atoms with Crippen LogP contribution in [0.15, 0.2) is 36.4 Å². The summed E-state index contributed by atoms with van der Waals surface area (Å²) in [4.78, 5) is 0. The molecule has 2 atom stereocenters. The Bertz CT molecular complexity index is 504. The molecule has 1 aliphatic rings. The van der Waals surface area contributed by atoms with Crippen molar-refractivity contribution in [2.45, 2.75) is 18.6 Å². The van der Waals surface area contributed by atoms with Gasteiger partial charge in [-0.15, -0.1) is 0 Å². The van der Waals surface area contributed by atoms with E-state index in [1.807, 2.05) is 6.08 Å². The Kier molecular flexibility index (Phi) is 2.69. The zero-order chi connectivity index (χ0) is 12.6. The maximum Gasteiger partial charge on any atom is 0.139 e. The van der Waals surface area contributed by atoms with E-state index in [0.29, 0.717) is 5.69 Å². The minimum atomic E-state index is -1.08. The third kappa shape index (κ3) is 2.18. The molecule has 4 nitrogen and oxygen atoms in total. The summed E-state index contributed by atoms with van der Waals surface area (Å²) in [5.74, 6) is 0.0336. The van der Waals surface area contributed by atoms with Crippen LogP contribution in [-0.2, 0) is 0 Å². The van der Waals surface area contributed by atoms with Gasteiger partial charge >= 0.3 is 0 Å². The number of allylic oxidation sites excluding steroid dienone is 2. The predicted molar refractivity (Wildman–Crippen MR) is 68.2 cm³/mol. The van der Waals surface area contributed by atoms with Gasteiger partial charge in [0.1, 0.15) is 5.75 Å². The summed E-state index contributed by atoms with van der Waals surface area (Å²) >= 11 is 0. The quantitative estimate of drug-likeness (QED) is 0.429. The van der Waals surface area contributed by atoms with Crippen LogP contribution in [0.3, 0.4) is 0 Å².